The van der Waals surface area contributed by atoms with E-state index >= 15 is 0 Å². The molecule has 4 heterocycles. The Bertz CT molecular complexity index is 1330. The molecular weight excluding hydrogens is 592 g/mol. The molecule has 0 aromatic carbocycles. The van der Waals surface area contributed by atoms with Crippen molar-refractivity contribution in [3.05, 3.63) is 35.4 Å². The SMILES string of the molecule is COC(=O)NC(C(=O)N1CCCC1c1ncc(CC#CCc2cnc([C@@H]3CCCN3C(=O)C(NC(=O)OC)C(C)C)[nH]2)[nH]1)C(C)C. The minimum atomic E-state index is -0.686. The summed E-state index contributed by atoms with van der Waals surface area (Å²) < 4.78 is 9.42. The van der Waals surface area contributed by atoms with Crippen molar-refractivity contribution in [3.8, 4) is 11.8 Å². The van der Waals surface area contributed by atoms with Gasteiger partial charge in [0.05, 0.1) is 39.1 Å². The van der Waals surface area contributed by atoms with Crippen LogP contribution in [0.15, 0.2) is 12.4 Å². The highest BCUT2D eigenvalue weighted by molar-refractivity contribution is 5.87. The van der Waals surface area contributed by atoms with Crippen molar-refractivity contribution in [1.82, 2.24) is 40.4 Å². The van der Waals surface area contributed by atoms with Gasteiger partial charge in [0.15, 0.2) is 0 Å². The summed E-state index contributed by atoms with van der Waals surface area (Å²) in [6, 6.07) is -1.77. The molecule has 0 radical (unpaired) electrons. The molecule has 0 saturated carbocycles. The monoisotopic (exact) mass is 638 g/mol. The zero-order valence-electron chi connectivity index (χ0n) is 27.5. The van der Waals surface area contributed by atoms with Crippen molar-refractivity contribution in [3.63, 3.8) is 0 Å². The van der Waals surface area contributed by atoms with Crippen LogP contribution in [-0.2, 0) is 31.9 Å². The van der Waals surface area contributed by atoms with Crippen LogP contribution in [0.4, 0.5) is 9.59 Å². The lowest BCUT2D eigenvalue weighted by Crippen LogP contribution is -2.51. The number of ether oxygens (including phenoxy) is 2. The predicted octanol–water partition coefficient (Wildman–Crippen LogP) is 3.01. The number of likely N-dealkylation sites (tertiary alicyclic amines) is 2. The Morgan fingerprint density at radius 3 is 1.52 bits per heavy atom. The van der Waals surface area contributed by atoms with Gasteiger partial charge in [0.1, 0.15) is 23.7 Å². The molecule has 2 aliphatic rings. The van der Waals surface area contributed by atoms with Gasteiger partial charge in [-0.15, -0.1) is 0 Å². The first-order chi connectivity index (χ1) is 22.0. The summed E-state index contributed by atoms with van der Waals surface area (Å²) in [5, 5.41) is 5.33. The molecule has 2 aliphatic heterocycles. The van der Waals surface area contributed by atoms with Crippen molar-refractivity contribution >= 4 is 24.0 Å². The third-order valence-electron chi connectivity index (χ3n) is 8.46. The standard InChI is InChI=1S/C32H46N8O6/c1-19(2)25(37-31(43)45-5)29(41)39-15-9-13-23(39)27-33-17-21(35-27)11-7-8-12-22-18-34-28(36-22)24-14-10-16-40(24)30(42)26(20(3)4)38-32(44)46-6/h17-20,23-26H,9-16H2,1-6H3,(H,33,35)(H,34,36)(H,37,43)(H,38,44)/t23-,24?,25?,26?/m0/s1. The molecule has 2 aromatic heterocycles. The predicted molar refractivity (Wildman–Crippen MR) is 168 cm³/mol. The first-order valence-corrected chi connectivity index (χ1v) is 15.9. The quantitative estimate of drug-likeness (QED) is 0.287. The Morgan fingerprint density at radius 1 is 0.783 bits per heavy atom. The van der Waals surface area contributed by atoms with Gasteiger partial charge in [-0.25, -0.2) is 19.6 Å². The van der Waals surface area contributed by atoms with Crippen LogP contribution in [0, 0.1) is 23.7 Å². The number of nitrogens with zero attached hydrogens (tertiary/aromatic N) is 4. The molecule has 4 amide bonds. The van der Waals surface area contributed by atoms with E-state index in [0.29, 0.717) is 37.6 Å². The van der Waals surface area contributed by atoms with Gasteiger partial charge in [0.2, 0.25) is 11.8 Å². The number of amides is 4. The van der Waals surface area contributed by atoms with Crippen molar-refractivity contribution in [2.24, 2.45) is 11.8 Å². The van der Waals surface area contributed by atoms with Gasteiger partial charge < -0.3 is 39.9 Å². The van der Waals surface area contributed by atoms with Crippen LogP contribution < -0.4 is 10.6 Å². The summed E-state index contributed by atoms with van der Waals surface area (Å²) in [4.78, 5) is 69.7. The molecule has 0 bridgehead atoms. The fourth-order valence-electron chi connectivity index (χ4n) is 5.97. The van der Waals surface area contributed by atoms with E-state index in [0.717, 1.165) is 37.1 Å². The van der Waals surface area contributed by atoms with Crippen molar-refractivity contribution in [2.75, 3.05) is 27.3 Å². The lowest BCUT2D eigenvalue weighted by Gasteiger charge is -2.30. The lowest BCUT2D eigenvalue weighted by molar-refractivity contribution is -0.136. The number of aromatic nitrogens is 4. The highest BCUT2D eigenvalue weighted by Gasteiger charge is 2.38. The minimum absolute atomic E-state index is 0.103. The molecule has 2 saturated heterocycles. The molecule has 4 N–H and O–H groups in total. The van der Waals surface area contributed by atoms with Gasteiger partial charge in [-0.1, -0.05) is 39.5 Å². The smallest absolute Gasteiger partial charge is 0.407 e. The highest BCUT2D eigenvalue weighted by Crippen LogP contribution is 2.32. The van der Waals surface area contributed by atoms with Crippen LogP contribution in [0.5, 0.6) is 0 Å². The molecular formula is C32H46N8O6. The van der Waals surface area contributed by atoms with Crippen LogP contribution in [0.3, 0.4) is 0 Å². The number of rotatable bonds is 10. The average molecular weight is 639 g/mol. The Balaban J connectivity index is 1.34. The van der Waals surface area contributed by atoms with E-state index in [1.165, 1.54) is 14.2 Å². The Labute approximate surface area is 269 Å². The first kappa shape index (κ1) is 34.3. The second-order valence-corrected chi connectivity index (χ2v) is 12.4. The van der Waals surface area contributed by atoms with Crippen LogP contribution in [-0.4, -0.2) is 93.1 Å². The number of aromatic amines is 2. The number of methoxy groups -OCH3 is 2. The van der Waals surface area contributed by atoms with E-state index in [1.54, 1.807) is 22.2 Å². The normalized spacial score (nSPS) is 19.0. The average Bonchev–Trinajstić information content (AvgIpc) is 3.86. The van der Waals surface area contributed by atoms with Crippen molar-refractivity contribution < 1.29 is 28.7 Å². The summed E-state index contributed by atoms with van der Waals surface area (Å²) in [5.41, 5.74) is 1.70. The maximum Gasteiger partial charge on any atom is 0.407 e. The Morgan fingerprint density at radius 2 is 1.17 bits per heavy atom. The topological polar surface area (TPSA) is 175 Å². The highest BCUT2D eigenvalue weighted by atomic mass is 16.5. The van der Waals surface area contributed by atoms with Gasteiger partial charge in [-0.05, 0) is 37.5 Å². The fourth-order valence-corrected chi connectivity index (χ4v) is 5.97. The zero-order chi connectivity index (χ0) is 33.4. The maximum atomic E-state index is 13.4. The molecule has 14 nitrogen and oxygen atoms in total. The Hall–Kier alpha value is -4.54. The fraction of sp³-hybridized carbons (Fsp3) is 0.625. The molecule has 2 fully saturated rings. The second kappa shape index (κ2) is 15.6. The van der Waals surface area contributed by atoms with E-state index in [-0.39, 0.29) is 35.7 Å². The van der Waals surface area contributed by atoms with E-state index in [2.05, 4.69) is 42.4 Å². The van der Waals surface area contributed by atoms with Gasteiger partial charge in [-0.2, -0.15) is 0 Å². The molecule has 250 valence electrons. The molecule has 46 heavy (non-hydrogen) atoms. The van der Waals surface area contributed by atoms with Gasteiger partial charge in [0, 0.05) is 36.9 Å². The van der Waals surface area contributed by atoms with Crippen LogP contribution in [0.2, 0.25) is 0 Å². The van der Waals surface area contributed by atoms with Crippen LogP contribution in [0.25, 0.3) is 0 Å². The number of nitrogens with one attached hydrogen (secondary N) is 4. The molecule has 14 heteroatoms. The number of carbonyl (C=O) groups excluding carboxylic acids is 4. The van der Waals surface area contributed by atoms with Gasteiger partial charge >= 0.3 is 12.2 Å². The lowest BCUT2D eigenvalue weighted by atomic mass is 10.0. The number of H-pyrrole nitrogens is 2. The number of imidazole rings is 2. The molecule has 2 aromatic rings. The number of hydrogen-bond donors (Lipinski definition) is 4. The maximum absolute atomic E-state index is 13.4. The summed E-state index contributed by atoms with van der Waals surface area (Å²) in [6.45, 7) is 8.73. The molecule has 4 atom stereocenters. The molecule has 3 unspecified atom stereocenters. The van der Waals surface area contributed by atoms with Crippen LogP contribution >= 0.6 is 0 Å². The van der Waals surface area contributed by atoms with Gasteiger partial charge in [0.25, 0.3) is 0 Å². The summed E-state index contributed by atoms with van der Waals surface area (Å²) >= 11 is 0. The second-order valence-electron chi connectivity index (χ2n) is 12.4. The van der Waals surface area contributed by atoms with Gasteiger partial charge in [-0.3, -0.25) is 9.59 Å². The van der Waals surface area contributed by atoms with E-state index in [1.807, 2.05) is 27.7 Å². The third-order valence-corrected chi connectivity index (χ3v) is 8.46. The molecule has 0 aliphatic carbocycles. The van der Waals surface area contributed by atoms with E-state index in [9.17, 15) is 19.2 Å². The molecule has 0 spiro atoms. The number of carbonyl (C=O) groups is 4. The van der Waals surface area contributed by atoms with Crippen LogP contribution in [0.1, 0.15) is 88.5 Å². The zero-order valence-corrected chi connectivity index (χ0v) is 27.5. The molecule has 4 rings (SSSR count). The Kier molecular flexibility index (Phi) is 11.7. The summed E-state index contributed by atoms with van der Waals surface area (Å²) in [5.74, 6) is 7.26. The number of alkyl carbamates (subject to hydrolysis) is 2. The summed E-state index contributed by atoms with van der Waals surface area (Å²) in [7, 11) is 2.56. The van der Waals surface area contributed by atoms with E-state index in [4.69, 9.17) is 9.47 Å². The van der Waals surface area contributed by atoms with Crippen molar-refractivity contribution in [2.45, 2.75) is 90.4 Å². The minimum Gasteiger partial charge on any atom is -0.453 e. The third kappa shape index (κ3) is 8.18. The largest absolute Gasteiger partial charge is 0.453 e. The number of hydrogen-bond acceptors (Lipinski definition) is 8. The van der Waals surface area contributed by atoms with Crippen molar-refractivity contribution in [1.29, 1.82) is 0 Å². The van der Waals surface area contributed by atoms with E-state index < -0.39 is 24.3 Å². The summed E-state index contributed by atoms with van der Waals surface area (Å²) in [6.07, 6.45) is 6.40. The first-order valence-electron chi connectivity index (χ1n) is 15.9.